The monoisotopic (exact) mass is 378 g/mol. The number of anilines is 1. The Kier molecular flexibility index (Phi) is 2.83. The van der Waals surface area contributed by atoms with Gasteiger partial charge in [-0.1, -0.05) is 22.6 Å². The van der Waals surface area contributed by atoms with Crippen LogP contribution in [0.3, 0.4) is 0 Å². The normalized spacial score (nSPS) is 19.3. The minimum atomic E-state index is 0.738. The van der Waals surface area contributed by atoms with E-state index in [1.54, 1.807) is 0 Å². The zero-order chi connectivity index (χ0) is 13.7. The summed E-state index contributed by atoms with van der Waals surface area (Å²) in [4.78, 5) is 11.5. The van der Waals surface area contributed by atoms with E-state index < -0.39 is 0 Å². The van der Waals surface area contributed by atoms with Gasteiger partial charge in [-0.25, -0.2) is 4.98 Å². The topological polar surface area (TPSA) is 34.0 Å². The molecule has 1 saturated heterocycles. The van der Waals surface area contributed by atoms with Crippen LogP contribution in [-0.4, -0.2) is 31.5 Å². The summed E-state index contributed by atoms with van der Waals surface area (Å²) in [5, 5.41) is 2.36. The average Bonchev–Trinajstić information content (AvgIpc) is 3.03. The van der Waals surface area contributed by atoms with Crippen LogP contribution in [0.4, 0.5) is 5.82 Å². The largest absolute Gasteiger partial charge is 0.355 e. The summed E-state index contributed by atoms with van der Waals surface area (Å²) >= 11 is 2.53. The third kappa shape index (κ3) is 1.79. The number of hydrogen-bond donors (Lipinski definition) is 0. The number of pyridine rings is 2. The van der Waals surface area contributed by atoms with E-state index in [-0.39, 0.29) is 0 Å². The highest BCUT2D eigenvalue weighted by atomic mass is 127. The molecule has 0 N–H and O–H groups in total. The number of hydrogen-bond acceptors (Lipinski definition) is 3. The van der Waals surface area contributed by atoms with Crippen molar-refractivity contribution in [1.29, 1.82) is 0 Å². The number of nitrogens with zero attached hydrogens (tertiary/aromatic N) is 4. The van der Waals surface area contributed by atoms with Crippen LogP contribution in [-0.2, 0) is 7.05 Å². The number of rotatable bonds is 1. The summed E-state index contributed by atoms with van der Waals surface area (Å²) in [7, 11) is 2.08. The van der Waals surface area contributed by atoms with Gasteiger partial charge in [-0.3, -0.25) is 4.98 Å². The van der Waals surface area contributed by atoms with Crippen molar-refractivity contribution in [1.82, 2.24) is 14.5 Å². The van der Waals surface area contributed by atoms with E-state index >= 15 is 0 Å². The number of halogens is 1. The maximum absolute atomic E-state index is 4.89. The van der Waals surface area contributed by atoms with Gasteiger partial charge >= 0.3 is 0 Å². The fourth-order valence-corrected chi connectivity index (χ4v) is 3.76. The highest BCUT2D eigenvalue weighted by Crippen LogP contribution is 2.29. The Labute approximate surface area is 130 Å². The molecule has 4 nitrogen and oxygen atoms in total. The number of alkyl halides is 1. The predicted octanol–water partition coefficient (Wildman–Crippen LogP) is 3.14. The molecule has 1 aliphatic rings. The van der Waals surface area contributed by atoms with Crippen molar-refractivity contribution in [3.8, 4) is 0 Å². The first-order chi connectivity index (χ1) is 9.74. The molecule has 102 valence electrons. The second kappa shape index (κ2) is 4.58. The van der Waals surface area contributed by atoms with Crippen molar-refractivity contribution in [2.75, 3.05) is 18.0 Å². The van der Waals surface area contributed by atoms with Gasteiger partial charge in [0.25, 0.3) is 0 Å². The molecule has 0 amide bonds. The van der Waals surface area contributed by atoms with Crippen molar-refractivity contribution >= 4 is 50.3 Å². The quantitative estimate of drug-likeness (QED) is 0.482. The molecule has 3 aromatic rings. The third-order valence-electron chi connectivity index (χ3n) is 4.08. The Morgan fingerprint density at radius 2 is 2.15 bits per heavy atom. The van der Waals surface area contributed by atoms with Crippen LogP contribution in [0.25, 0.3) is 21.9 Å². The molecule has 20 heavy (non-hydrogen) atoms. The molecule has 1 aliphatic heterocycles. The summed E-state index contributed by atoms with van der Waals surface area (Å²) in [6.45, 7) is 2.21. The van der Waals surface area contributed by atoms with Crippen LogP contribution < -0.4 is 4.90 Å². The second-order valence-corrected chi connectivity index (χ2v) is 7.09. The van der Waals surface area contributed by atoms with Crippen molar-refractivity contribution in [2.45, 2.75) is 10.3 Å². The van der Waals surface area contributed by atoms with E-state index in [2.05, 4.69) is 56.2 Å². The molecule has 0 aromatic carbocycles. The van der Waals surface area contributed by atoms with Gasteiger partial charge in [0.05, 0.1) is 5.52 Å². The van der Waals surface area contributed by atoms with E-state index in [9.17, 15) is 0 Å². The minimum absolute atomic E-state index is 0.738. The van der Waals surface area contributed by atoms with Gasteiger partial charge in [-0.05, 0) is 24.6 Å². The Balaban J connectivity index is 1.91. The van der Waals surface area contributed by atoms with Crippen LogP contribution >= 0.6 is 22.6 Å². The molecule has 1 atom stereocenters. The summed E-state index contributed by atoms with van der Waals surface area (Å²) in [5.74, 6) is 1.09. The molecule has 0 aliphatic carbocycles. The van der Waals surface area contributed by atoms with Gasteiger partial charge in [0, 0.05) is 47.2 Å². The fraction of sp³-hybridized carbons (Fsp3) is 0.333. The molecule has 0 saturated carbocycles. The van der Waals surface area contributed by atoms with Gasteiger partial charge in [-0.2, -0.15) is 0 Å². The van der Waals surface area contributed by atoms with E-state index in [0.717, 1.165) is 28.5 Å². The number of fused-ring (bicyclic) bond motifs is 3. The van der Waals surface area contributed by atoms with Gasteiger partial charge in [0.1, 0.15) is 11.5 Å². The number of aromatic nitrogens is 3. The molecule has 4 heterocycles. The summed E-state index contributed by atoms with van der Waals surface area (Å²) in [6.07, 6.45) is 5.01. The van der Waals surface area contributed by atoms with Crippen LogP contribution in [0.15, 0.2) is 30.6 Å². The molecule has 0 bridgehead atoms. The lowest BCUT2D eigenvalue weighted by Crippen LogP contribution is -2.20. The van der Waals surface area contributed by atoms with Gasteiger partial charge in [0.15, 0.2) is 0 Å². The summed E-state index contributed by atoms with van der Waals surface area (Å²) < 4.78 is 2.90. The third-order valence-corrected chi connectivity index (χ3v) is 5.10. The zero-order valence-corrected chi connectivity index (χ0v) is 13.4. The lowest BCUT2D eigenvalue weighted by molar-refractivity contribution is 0.928. The molecule has 1 unspecified atom stereocenters. The van der Waals surface area contributed by atoms with Crippen LogP contribution in [0, 0.1) is 0 Å². The highest BCUT2D eigenvalue weighted by molar-refractivity contribution is 14.1. The maximum Gasteiger partial charge on any atom is 0.143 e. The Morgan fingerprint density at radius 3 is 2.95 bits per heavy atom. The molecular weight excluding hydrogens is 363 g/mol. The lowest BCUT2D eigenvalue weighted by atomic mass is 10.2. The molecule has 1 fully saturated rings. The van der Waals surface area contributed by atoms with E-state index in [1.165, 1.54) is 22.7 Å². The Bertz CT molecular complexity index is 795. The van der Waals surface area contributed by atoms with Crippen molar-refractivity contribution < 1.29 is 0 Å². The van der Waals surface area contributed by atoms with Crippen LogP contribution in [0.2, 0.25) is 0 Å². The van der Waals surface area contributed by atoms with Crippen LogP contribution in [0.5, 0.6) is 0 Å². The van der Waals surface area contributed by atoms with Crippen LogP contribution in [0.1, 0.15) is 6.42 Å². The predicted molar refractivity (Wildman–Crippen MR) is 90.7 cm³/mol. The van der Waals surface area contributed by atoms with Crippen molar-refractivity contribution in [2.24, 2.45) is 7.05 Å². The zero-order valence-electron chi connectivity index (χ0n) is 11.3. The molecule has 5 heteroatoms. The summed E-state index contributed by atoms with van der Waals surface area (Å²) in [5.41, 5.74) is 2.23. The minimum Gasteiger partial charge on any atom is -0.355 e. The first-order valence-corrected chi connectivity index (χ1v) is 8.07. The van der Waals surface area contributed by atoms with E-state index in [0.29, 0.717) is 0 Å². The molecule has 4 rings (SSSR count). The maximum atomic E-state index is 4.89. The van der Waals surface area contributed by atoms with Crippen molar-refractivity contribution in [3.05, 3.63) is 30.6 Å². The average molecular weight is 378 g/mol. The van der Waals surface area contributed by atoms with Crippen molar-refractivity contribution in [3.63, 3.8) is 0 Å². The standard InChI is InChI=1S/C15H15IN4/c1-19-13-4-6-17-8-12(13)11-2-3-14(18-15(11)19)20-7-5-10(16)9-20/h2-4,6,8,10H,5,7,9H2,1H3. The second-order valence-electron chi connectivity index (χ2n) is 5.32. The fourth-order valence-electron chi connectivity index (χ4n) is 3.01. The summed E-state index contributed by atoms with van der Waals surface area (Å²) in [6, 6.07) is 6.37. The SMILES string of the molecule is Cn1c2ccncc2c2ccc(N3CCC(I)C3)nc21. The number of aryl methyl sites for hydroxylation is 1. The molecule has 0 radical (unpaired) electrons. The Hall–Kier alpha value is -1.37. The van der Waals surface area contributed by atoms with Gasteiger partial charge in [0.2, 0.25) is 0 Å². The molecule has 3 aromatic heterocycles. The Morgan fingerprint density at radius 1 is 1.25 bits per heavy atom. The molecule has 0 spiro atoms. The molecular formula is C15H15IN4. The van der Waals surface area contributed by atoms with E-state index in [1.807, 2.05) is 18.5 Å². The lowest BCUT2D eigenvalue weighted by Gasteiger charge is -2.16. The van der Waals surface area contributed by atoms with Gasteiger partial charge in [-0.15, -0.1) is 0 Å². The first-order valence-electron chi connectivity index (χ1n) is 6.82. The highest BCUT2D eigenvalue weighted by Gasteiger charge is 2.21. The van der Waals surface area contributed by atoms with E-state index in [4.69, 9.17) is 4.98 Å². The first kappa shape index (κ1) is 12.4. The smallest absolute Gasteiger partial charge is 0.143 e. The van der Waals surface area contributed by atoms with Gasteiger partial charge < -0.3 is 9.47 Å².